The maximum atomic E-state index is 8.87. The summed E-state index contributed by atoms with van der Waals surface area (Å²) in [6, 6.07) is 8.48. The monoisotopic (exact) mass is 174 g/mol. The van der Waals surface area contributed by atoms with Gasteiger partial charge in [0.1, 0.15) is 0 Å². The van der Waals surface area contributed by atoms with Gasteiger partial charge in [0.25, 0.3) is 0 Å². The molecule has 1 aliphatic rings. The predicted molar refractivity (Wildman–Crippen MR) is 54.4 cm³/mol. The van der Waals surface area contributed by atoms with E-state index in [4.69, 9.17) is 5.11 Å². The number of hydrogen-bond acceptors (Lipinski definition) is 1. The van der Waals surface area contributed by atoms with E-state index >= 15 is 0 Å². The van der Waals surface area contributed by atoms with Gasteiger partial charge in [-0.25, -0.2) is 0 Å². The molecule has 0 saturated heterocycles. The van der Waals surface area contributed by atoms with Crippen LogP contribution < -0.4 is 0 Å². The summed E-state index contributed by atoms with van der Waals surface area (Å²) < 4.78 is 0. The van der Waals surface area contributed by atoms with Crippen molar-refractivity contribution in [2.75, 3.05) is 6.61 Å². The van der Waals surface area contributed by atoms with Gasteiger partial charge in [0.2, 0.25) is 0 Å². The van der Waals surface area contributed by atoms with E-state index in [1.54, 1.807) is 0 Å². The van der Waals surface area contributed by atoms with Crippen molar-refractivity contribution in [3.05, 3.63) is 41.5 Å². The number of fused-ring (bicyclic) bond motifs is 1. The third kappa shape index (κ3) is 1.65. The molecule has 0 atom stereocenters. The number of aryl methyl sites for hydroxylation is 1. The van der Waals surface area contributed by atoms with E-state index in [1.165, 1.54) is 29.5 Å². The minimum atomic E-state index is 0.156. The number of aliphatic hydroxyl groups excluding tert-OH is 1. The largest absolute Gasteiger partial charge is 0.392 e. The van der Waals surface area contributed by atoms with E-state index in [2.05, 4.69) is 24.3 Å². The summed E-state index contributed by atoms with van der Waals surface area (Å²) in [6.45, 7) is 0.156. The second-order valence-electron chi connectivity index (χ2n) is 3.42. The first-order chi connectivity index (χ1) is 6.42. The minimum absolute atomic E-state index is 0.156. The second kappa shape index (κ2) is 3.75. The lowest BCUT2D eigenvalue weighted by Gasteiger charge is -2.18. The van der Waals surface area contributed by atoms with Gasteiger partial charge < -0.3 is 5.11 Å². The molecule has 0 spiro atoms. The van der Waals surface area contributed by atoms with E-state index < -0.39 is 0 Å². The van der Waals surface area contributed by atoms with Crippen molar-refractivity contribution in [1.82, 2.24) is 0 Å². The highest BCUT2D eigenvalue weighted by Crippen LogP contribution is 2.29. The second-order valence-corrected chi connectivity index (χ2v) is 3.42. The molecule has 0 aromatic heterocycles. The van der Waals surface area contributed by atoms with E-state index in [9.17, 15) is 0 Å². The highest BCUT2D eigenvalue weighted by atomic mass is 16.2. The van der Waals surface area contributed by atoms with Gasteiger partial charge in [-0.15, -0.1) is 0 Å². The molecule has 1 aromatic rings. The zero-order chi connectivity index (χ0) is 9.10. The Morgan fingerprint density at radius 3 is 2.92 bits per heavy atom. The Hall–Kier alpha value is -1.08. The first-order valence-corrected chi connectivity index (χ1v) is 4.80. The summed E-state index contributed by atoms with van der Waals surface area (Å²) >= 11 is 0. The van der Waals surface area contributed by atoms with Gasteiger partial charge >= 0.3 is 0 Å². The van der Waals surface area contributed by atoms with Crippen LogP contribution in [0.2, 0.25) is 0 Å². The van der Waals surface area contributed by atoms with Gasteiger partial charge in [0.15, 0.2) is 0 Å². The molecule has 2 rings (SSSR count). The van der Waals surface area contributed by atoms with Crippen LogP contribution in [0, 0.1) is 0 Å². The van der Waals surface area contributed by atoms with Crippen LogP contribution in [0.4, 0.5) is 0 Å². The predicted octanol–water partition coefficient (Wildman–Crippen LogP) is 2.40. The summed E-state index contributed by atoms with van der Waals surface area (Å²) in [5, 5.41) is 8.87. The molecule has 0 unspecified atom stereocenters. The van der Waals surface area contributed by atoms with Gasteiger partial charge in [-0.2, -0.15) is 0 Å². The van der Waals surface area contributed by atoms with Crippen LogP contribution in [0.1, 0.15) is 24.0 Å². The average molecular weight is 174 g/mol. The Morgan fingerprint density at radius 2 is 2.08 bits per heavy atom. The zero-order valence-corrected chi connectivity index (χ0v) is 7.66. The number of aliphatic hydroxyl groups is 1. The van der Waals surface area contributed by atoms with Gasteiger partial charge in [0, 0.05) is 0 Å². The lowest BCUT2D eigenvalue weighted by atomic mass is 9.87. The molecule has 0 fully saturated rings. The lowest BCUT2D eigenvalue weighted by Crippen LogP contribution is -2.01. The molecule has 0 saturated carbocycles. The van der Waals surface area contributed by atoms with Gasteiger partial charge in [-0.05, 0) is 36.0 Å². The van der Waals surface area contributed by atoms with Crippen molar-refractivity contribution >= 4 is 5.57 Å². The van der Waals surface area contributed by atoms with Crippen molar-refractivity contribution in [3.8, 4) is 0 Å². The molecule has 1 heteroatoms. The molecule has 0 aliphatic heterocycles. The summed E-state index contributed by atoms with van der Waals surface area (Å²) in [7, 11) is 0. The van der Waals surface area contributed by atoms with E-state index in [1.807, 2.05) is 6.08 Å². The van der Waals surface area contributed by atoms with E-state index in [0.717, 1.165) is 6.42 Å². The fourth-order valence-electron chi connectivity index (χ4n) is 1.98. The van der Waals surface area contributed by atoms with Crippen LogP contribution >= 0.6 is 0 Å². The van der Waals surface area contributed by atoms with Crippen molar-refractivity contribution in [2.24, 2.45) is 0 Å². The van der Waals surface area contributed by atoms with E-state index in [-0.39, 0.29) is 6.61 Å². The Labute approximate surface area is 78.7 Å². The topological polar surface area (TPSA) is 20.2 Å². The van der Waals surface area contributed by atoms with E-state index in [0.29, 0.717) is 0 Å². The highest BCUT2D eigenvalue weighted by Gasteiger charge is 2.11. The SMILES string of the molecule is OC/C=C1\CCCc2ccccc21. The number of rotatable bonds is 1. The average Bonchev–Trinajstić information content (AvgIpc) is 2.19. The smallest absolute Gasteiger partial charge is 0.0618 e. The molecule has 1 aromatic carbocycles. The van der Waals surface area contributed by atoms with Crippen LogP contribution in [0.5, 0.6) is 0 Å². The lowest BCUT2D eigenvalue weighted by molar-refractivity contribution is 0.343. The molecule has 68 valence electrons. The normalized spacial score (nSPS) is 18.7. The quantitative estimate of drug-likeness (QED) is 0.693. The molecule has 1 nitrogen and oxygen atoms in total. The third-order valence-corrected chi connectivity index (χ3v) is 2.59. The van der Waals surface area contributed by atoms with Gasteiger partial charge in [-0.1, -0.05) is 30.3 Å². The van der Waals surface area contributed by atoms with Crippen LogP contribution in [-0.4, -0.2) is 11.7 Å². The molecule has 1 N–H and O–H groups in total. The molecule has 0 heterocycles. The fourth-order valence-corrected chi connectivity index (χ4v) is 1.98. The third-order valence-electron chi connectivity index (χ3n) is 2.59. The minimum Gasteiger partial charge on any atom is -0.392 e. The van der Waals surface area contributed by atoms with Crippen molar-refractivity contribution < 1.29 is 5.11 Å². The zero-order valence-electron chi connectivity index (χ0n) is 7.66. The standard InChI is InChI=1S/C12H14O/c13-9-8-11-6-3-5-10-4-1-2-7-12(10)11/h1-2,4,7-8,13H,3,5-6,9H2/b11-8+. The van der Waals surface area contributed by atoms with Crippen LogP contribution in [0.3, 0.4) is 0 Å². The summed E-state index contributed by atoms with van der Waals surface area (Å²) in [5.41, 5.74) is 4.07. The summed E-state index contributed by atoms with van der Waals surface area (Å²) in [4.78, 5) is 0. The van der Waals surface area contributed by atoms with Crippen LogP contribution in [0.15, 0.2) is 30.3 Å². The summed E-state index contributed by atoms with van der Waals surface area (Å²) in [6.07, 6.45) is 5.43. The fraction of sp³-hybridized carbons (Fsp3) is 0.333. The number of hydrogen-bond donors (Lipinski definition) is 1. The van der Waals surface area contributed by atoms with Crippen molar-refractivity contribution in [1.29, 1.82) is 0 Å². The molecular weight excluding hydrogens is 160 g/mol. The maximum Gasteiger partial charge on any atom is 0.0618 e. The first kappa shape index (κ1) is 8.52. The summed E-state index contributed by atoms with van der Waals surface area (Å²) in [5.74, 6) is 0. The molecule has 0 radical (unpaired) electrons. The van der Waals surface area contributed by atoms with Gasteiger partial charge in [-0.3, -0.25) is 0 Å². The molecular formula is C12H14O. The molecule has 13 heavy (non-hydrogen) atoms. The molecule has 0 amide bonds. The number of allylic oxidation sites excluding steroid dienone is 1. The number of benzene rings is 1. The van der Waals surface area contributed by atoms with Crippen LogP contribution in [-0.2, 0) is 6.42 Å². The Bertz CT molecular complexity index is 326. The highest BCUT2D eigenvalue weighted by molar-refractivity contribution is 5.69. The molecule has 0 bridgehead atoms. The van der Waals surface area contributed by atoms with Gasteiger partial charge in [0.05, 0.1) is 6.61 Å². The molecule has 1 aliphatic carbocycles. The van der Waals surface area contributed by atoms with Crippen molar-refractivity contribution in [2.45, 2.75) is 19.3 Å². The maximum absolute atomic E-state index is 8.87. The Kier molecular flexibility index (Phi) is 2.46. The Balaban J connectivity index is 2.42. The van der Waals surface area contributed by atoms with Crippen molar-refractivity contribution in [3.63, 3.8) is 0 Å². The first-order valence-electron chi connectivity index (χ1n) is 4.80. The Morgan fingerprint density at radius 1 is 1.23 bits per heavy atom. The van der Waals surface area contributed by atoms with Crippen LogP contribution in [0.25, 0.3) is 5.57 Å².